The normalized spacial score (nSPS) is 18.2. The molecule has 1 rings (SSSR count). The number of unbranched alkanes of at least 4 members (excludes halogenated alkanes) is 1. The summed E-state index contributed by atoms with van der Waals surface area (Å²) in [6.45, 7) is 11.4. The summed E-state index contributed by atoms with van der Waals surface area (Å²) in [6.07, 6.45) is 2.39. The second kappa shape index (κ2) is 12.6. The molecule has 0 amide bonds. The van der Waals surface area contributed by atoms with Crippen LogP contribution in [0.15, 0.2) is 4.99 Å². The Hall–Kier alpha value is -0.0800. The molecule has 20 heavy (non-hydrogen) atoms. The molecule has 0 bridgehead atoms. The molecule has 1 atom stereocenters. The van der Waals surface area contributed by atoms with Gasteiger partial charge in [-0.2, -0.15) is 0 Å². The van der Waals surface area contributed by atoms with E-state index < -0.39 is 0 Å². The van der Waals surface area contributed by atoms with E-state index in [1.54, 1.807) is 0 Å². The van der Waals surface area contributed by atoms with E-state index in [1.807, 2.05) is 7.05 Å². The first-order valence-corrected chi connectivity index (χ1v) is 7.50. The van der Waals surface area contributed by atoms with Crippen LogP contribution in [0.2, 0.25) is 0 Å². The summed E-state index contributed by atoms with van der Waals surface area (Å²) in [4.78, 5) is 6.71. The Balaban J connectivity index is 0.00000361. The molecule has 120 valence electrons. The number of guanidine groups is 1. The van der Waals surface area contributed by atoms with Gasteiger partial charge in [-0.1, -0.05) is 20.3 Å². The van der Waals surface area contributed by atoms with E-state index in [2.05, 4.69) is 34.4 Å². The van der Waals surface area contributed by atoms with Crippen LogP contribution in [-0.4, -0.2) is 63.8 Å². The molecule has 0 aromatic heterocycles. The topological polar surface area (TPSA) is 48.9 Å². The van der Waals surface area contributed by atoms with Crippen LogP contribution < -0.4 is 10.6 Å². The first kappa shape index (κ1) is 19.9. The van der Waals surface area contributed by atoms with Gasteiger partial charge < -0.3 is 15.4 Å². The van der Waals surface area contributed by atoms with E-state index in [1.165, 1.54) is 12.8 Å². The molecule has 6 heteroatoms. The van der Waals surface area contributed by atoms with Gasteiger partial charge in [0, 0.05) is 39.8 Å². The third kappa shape index (κ3) is 8.97. The van der Waals surface area contributed by atoms with Crippen LogP contribution in [0.3, 0.4) is 0 Å². The van der Waals surface area contributed by atoms with E-state index in [4.69, 9.17) is 4.74 Å². The van der Waals surface area contributed by atoms with Crippen LogP contribution in [-0.2, 0) is 4.74 Å². The molecule has 5 nitrogen and oxygen atoms in total. The molecule has 0 radical (unpaired) electrons. The van der Waals surface area contributed by atoms with Crippen molar-refractivity contribution >= 4 is 29.9 Å². The fourth-order valence-corrected chi connectivity index (χ4v) is 2.16. The van der Waals surface area contributed by atoms with Gasteiger partial charge in [0.2, 0.25) is 0 Å². The van der Waals surface area contributed by atoms with Crippen molar-refractivity contribution in [2.45, 2.75) is 26.7 Å². The van der Waals surface area contributed by atoms with Gasteiger partial charge >= 0.3 is 0 Å². The van der Waals surface area contributed by atoms with Crippen LogP contribution in [0, 0.1) is 5.92 Å². The molecule has 1 aliphatic rings. The zero-order valence-corrected chi connectivity index (χ0v) is 15.5. The van der Waals surface area contributed by atoms with Gasteiger partial charge in [0.25, 0.3) is 0 Å². The van der Waals surface area contributed by atoms with Crippen LogP contribution in [0.1, 0.15) is 26.7 Å². The molecular weight excluding hydrogens is 367 g/mol. The van der Waals surface area contributed by atoms with Crippen molar-refractivity contribution in [2.24, 2.45) is 10.9 Å². The molecule has 1 fully saturated rings. The van der Waals surface area contributed by atoms with Gasteiger partial charge in [-0.3, -0.25) is 9.89 Å². The minimum absolute atomic E-state index is 0. The van der Waals surface area contributed by atoms with Crippen molar-refractivity contribution in [3.05, 3.63) is 0 Å². The van der Waals surface area contributed by atoms with Gasteiger partial charge in [0.05, 0.1) is 13.2 Å². The summed E-state index contributed by atoms with van der Waals surface area (Å²) in [7, 11) is 1.83. The highest BCUT2D eigenvalue weighted by molar-refractivity contribution is 14.0. The van der Waals surface area contributed by atoms with Crippen LogP contribution >= 0.6 is 24.0 Å². The number of rotatable bonds is 7. The number of nitrogens with zero attached hydrogens (tertiary/aromatic N) is 2. The summed E-state index contributed by atoms with van der Waals surface area (Å²) >= 11 is 0. The molecule has 1 saturated heterocycles. The maximum absolute atomic E-state index is 5.37. The van der Waals surface area contributed by atoms with E-state index in [9.17, 15) is 0 Å². The van der Waals surface area contributed by atoms with Crippen molar-refractivity contribution in [3.8, 4) is 0 Å². The molecular formula is C14H31IN4O. The van der Waals surface area contributed by atoms with E-state index in [0.717, 1.165) is 51.9 Å². The summed E-state index contributed by atoms with van der Waals surface area (Å²) in [5.41, 5.74) is 0. The minimum Gasteiger partial charge on any atom is -0.379 e. The minimum atomic E-state index is 0. The lowest BCUT2D eigenvalue weighted by Crippen LogP contribution is -2.44. The Labute approximate surface area is 140 Å². The first-order valence-electron chi connectivity index (χ1n) is 7.50. The molecule has 0 spiro atoms. The smallest absolute Gasteiger partial charge is 0.190 e. The fourth-order valence-electron chi connectivity index (χ4n) is 2.16. The largest absolute Gasteiger partial charge is 0.379 e. The maximum Gasteiger partial charge on any atom is 0.190 e. The number of ether oxygens (including phenoxy) is 1. The average molecular weight is 398 g/mol. The monoisotopic (exact) mass is 398 g/mol. The standard InChI is InChI=1S/C14H30N4O.HI/c1-4-5-6-16-14(15-3)17-11-13(2)12-18-7-9-19-10-8-18;/h13H,4-12H2,1-3H3,(H2,15,16,17);1H. The first-order chi connectivity index (χ1) is 9.26. The molecule has 1 unspecified atom stereocenters. The lowest BCUT2D eigenvalue weighted by atomic mass is 10.1. The number of nitrogens with one attached hydrogen (secondary N) is 2. The van der Waals surface area contributed by atoms with Gasteiger partial charge in [0.15, 0.2) is 5.96 Å². The van der Waals surface area contributed by atoms with E-state index in [0.29, 0.717) is 5.92 Å². The number of halogens is 1. The SMILES string of the molecule is CCCCNC(=NC)NCC(C)CN1CCOCC1.I. The van der Waals surface area contributed by atoms with Gasteiger partial charge in [-0.15, -0.1) is 24.0 Å². The van der Waals surface area contributed by atoms with Crippen LogP contribution in [0.25, 0.3) is 0 Å². The van der Waals surface area contributed by atoms with Crippen molar-refractivity contribution in [3.63, 3.8) is 0 Å². The lowest BCUT2D eigenvalue weighted by Gasteiger charge is -2.29. The molecule has 0 aliphatic carbocycles. The number of hydrogen-bond donors (Lipinski definition) is 2. The second-order valence-electron chi connectivity index (χ2n) is 5.25. The van der Waals surface area contributed by atoms with Crippen molar-refractivity contribution in [1.29, 1.82) is 0 Å². The van der Waals surface area contributed by atoms with Crippen molar-refractivity contribution in [2.75, 3.05) is 53.0 Å². The molecule has 0 aromatic carbocycles. The Morgan fingerprint density at radius 3 is 2.60 bits per heavy atom. The van der Waals surface area contributed by atoms with Crippen LogP contribution in [0.4, 0.5) is 0 Å². The van der Waals surface area contributed by atoms with E-state index >= 15 is 0 Å². The highest BCUT2D eigenvalue weighted by Gasteiger charge is 2.13. The highest BCUT2D eigenvalue weighted by atomic mass is 127. The van der Waals surface area contributed by atoms with Crippen molar-refractivity contribution in [1.82, 2.24) is 15.5 Å². The second-order valence-corrected chi connectivity index (χ2v) is 5.25. The maximum atomic E-state index is 5.37. The predicted molar refractivity (Wildman–Crippen MR) is 96.1 cm³/mol. The van der Waals surface area contributed by atoms with Gasteiger partial charge in [-0.05, 0) is 12.3 Å². The van der Waals surface area contributed by atoms with E-state index in [-0.39, 0.29) is 24.0 Å². The average Bonchev–Trinajstić information content (AvgIpc) is 2.44. The Kier molecular flexibility index (Phi) is 12.6. The highest BCUT2D eigenvalue weighted by Crippen LogP contribution is 2.02. The van der Waals surface area contributed by atoms with Crippen molar-refractivity contribution < 1.29 is 4.74 Å². The third-order valence-electron chi connectivity index (χ3n) is 3.34. The third-order valence-corrected chi connectivity index (χ3v) is 3.34. The zero-order chi connectivity index (χ0) is 13.9. The van der Waals surface area contributed by atoms with Crippen LogP contribution in [0.5, 0.6) is 0 Å². The molecule has 1 aliphatic heterocycles. The predicted octanol–water partition coefficient (Wildman–Crippen LogP) is 1.54. The molecule has 1 heterocycles. The molecule has 0 saturated carbocycles. The Morgan fingerprint density at radius 1 is 1.30 bits per heavy atom. The Bertz CT molecular complexity index is 258. The summed E-state index contributed by atoms with van der Waals surface area (Å²) < 4.78 is 5.37. The summed E-state index contributed by atoms with van der Waals surface area (Å²) in [6, 6.07) is 0. The zero-order valence-electron chi connectivity index (χ0n) is 13.2. The van der Waals surface area contributed by atoms with Gasteiger partial charge in [-0.25, -0.2) is 0 Å². The molecule has 0 aromatic rings. The Morgan fingerprint density at radius 2 is 2.00 bits per heavy atom. The van der Waals surface area contributed by atoms with Gasteiger partial charge in [0.1, 0.15) is 0 Å². The summed E-state index contributed by atoms with van der Waals surface area (Å²) in [5.74, 6) is 1.53. The molecule has 2 N–H and O–H groups in total. The number of aliphatic imine (C=N–C) groups is 1. The number of hydrogen-bond acceptors (Lipinski definition) is 3. The summed E-state index contributed by atoms with van der Waals surface area (Å²) in [5, 5.41) is 6.73. The quantitative estimate of drug-likeness (QED) is 0.296. The fraction of sp³-hybridized carbons (Fsp3) is 0.929. The lowest BCUT2D eigenvalue weighted by molar-refractivity contribution is 0.0320. The number of morpholine rings is 1.